The van der Waals surface area contributed by atoms with E-state index < -0.39 is 22.0 Å². The summed E-state index contributed by atoms with van der Waals surface area (Å²) in [5.41, 5.74) is 0.872. The first-order valence-electron chi connectivity index (χ1n) is 8.85. The van der Waals surface area contributed by atoms with Gasteiger partial charge < -0.3 is 14.5 Å². The fourth-order valence-electron chi connectivity index (χ4n) is 2.81. The maximum atomic E-state index is 12.6. The van der Waals surface area contributed by atoms with Gasteiger partial charge in [-0.25, -0.2) is 13.1 Å². The van der Waals surface area contributed by atoms with Gasteiger partial charge in [-0.2, -0.15) is 0 Å². The summed E-state index contributed by atoms with van der Waals surface area (Å²) >= 11 is 0. The zero-order valence-corrected chi connectivity index (χ0v) is 16.7. The number of sulfonamides is 1. The number of rotatable bonds is 7. The minimum Gasteiger partial charge on any atom is -0.490 e. The van der Waals surface area contributed by atoms with Crippen molar-refractivity contribution in [3.63, 3.8) is 0 Å². The summed E-state index contributed by atoms with van der Waals surface area (Å²) in [5.74, 6) is 0.829. The molecule has 1 atom stereocenters. The molecule has 3 rings (SSSR count). The molecule has 0 aliphatic carbocycles. The largest absolute Gasteiger partial charge is 0.490 e. The van der Waals surface area contributed by atoms with Crippen LogP contribution in [0.4, 0.5) is 0 Å². The standard InChI is InChI=1S/C20H22N2O5S/c1-4-26-17-10-6-7-14-12-18(27-19(14)17)13(2)22-20(23)15-8-5-9-16(11-15)28(24,25)21-3/h5-13,21H,4H2,1-3H3,(H,22,23). The van der Waals surface area contributed by atoms with Crippen molar-refractivity contribution in [3.05, 3.63) is 59.9 Å². The molecule has 0 aliphatic rings. The topological polar surface area (TPSA) is 97.6 Å². The first-order valence-corrected chi connectivity index (χ1v) is 10.3. The van der Waals surface area contributed by atoms with Gasteiger partial charge in [-0.1, -0.05) is 18.2 Å². The summed E-state index contributed by atoms with van der Waals surface area (Å²) in [6, 6.07) is 12.9. The fraction of sp³-hybridized carbons (Fsp3) is 0.250. The zero-order valence-electron chi connectivity index (χ0n) is 15.9. The number of benzene rings is 2. The highest BCUT2D eigenvalue weighted by atomic mass is 32.2. The summed E-state index contributed by atoms with van der Waals surface area (Å²) in [4.78, 5) is 12.6. The van der Waals surface area contributed by atoms with Gasteiger partial charge in [-0.15, -0.1) is 0 Å². The Morgan fingerprint density at radius 2 is 1.93 bits per heavy atom. The quantitative estimate of drug-likeness (QED) is 0.632. The van der Waals surface area contributed by atoms with E-state index in [1.165, 1.54) is 25.2 Å². The number of furan rings is 1. The molecule has 1 unspecified atom stereocenters. The maximum absolute atomic E-state index is 12.6. The number of amides is 1. The molecule has 8 heteroatoms. The van der Waals surface area contributed by atoms with E-state index in [9.17, 15) is 13.2 Å². The molecule has 3 aromatic rings. The second-order valence-electron chi connectivity index (χ2n) is 6.19. The molecular formula is C20H22N2O5S. The normalized spacial score (nSPS) is 12.7. The molecule has 7 nitrogen and oxygen atoms in total. The van der Waals surface area contributed by atoms with Gasteiger partial charge in [0, 0.05) is 10.9 Å². The molecule has 28 heavy (non-hydrogen) atoms. The Morgan fingerprint density at radius 3 is 2.64 bits per heavy atom. The molecule has 0 spiro atoms. The molecule has 148 valence electrons. The summed E-state index contributed by atoms with van der Waals surface area (Å²) in [7, 11) is -2.30. The van der Waals surface area contributed by atoms with Gasteiger partial charge in [-0.3, -0.25) is 4.79 Å². The van der Waals surface area contributed by atoms with Crippen molar-refractivity contribution < 1.29 is 22.4 Å². The van der Waals surface area contributed by atoms with E-state index in [1.54, 1.807) is 13.0 Å². The van der Waals surface area contributed by atoms with E-state index in [-0.39, 0.29) is 10.5 Å². The van der Waals surface area contributed by atoms with Crippen LogP contribution in [0.3, 0.4) is 0 Å². The van der Waals surface area contributed by atoms with Crippen LogP contribution in [0.15, 0.2) is 57.8 Å². The number of hydrogen-bond donors (Lipinski definition) is 2. The molecular weight excluding hydrogens is 380 g/mol. The maximum Gasteiger partial charge on any atom is 0.251 e. The van der Waals surface area contributed by atoms with E-state index in [1.807, 2.05) is 31.2 Å². The molecule has 0 radical (unpaired) electrons. The van der Waals surface area contributed by atoms with Crippen molar-refractivity contribution >= 4 is 26.9 Å². The van der Waals surface area contributed by atoms with Crippen LogP contribution in [0.25, 0.3) is 11.0 Å². The van der Waals surface area contributed by atoms with E-state index in [0.717, 1.165) is 5.39 Å². The lowest BCUT2D eigenvalue weighted by Gasteiger charge is -2.12. The third-order valence-corrected chi connectivity index (χ3v) is 5.69. The van der Waals surface area contributed by atoms with Crippen LogP contribution in [0, 0.1) is 0 Å². The summed E-state index contributed by atoms with van der Waals surface area (Å²) in [5, 5.41) is 3.71. The Hall–Kier alpha value is -2.84. The first-order chi connectivity index (χ1) is 13.4. The van der Waals surface area contributed by atoms with Crippen LogP contribution >= 0.6 is 0 Å². The first kappa shape index (κ1) is 19.9. The van der Waals surface area contributed by atoms with Gasteiger partial charge in [0.05, 0.1) is 17.5 Å². The van der Waals surface area contributed by atoms with Crippen molar-refractivity contribution in [3.8, 4) is 5.75 Å². The number of carbonyl (C=O) groups is 1. The second-order valence-corrected chi connectivity index (χ2v) is 8.07. The summed E-state index contributed by atoms with van der Waals surface area (Å²) in [6.07, 6.45) is 0. The zero-order chi connectivity index (χ0) is 20.3. The van der Waals surface area contributed by atoms with E-state index >= 15 is 0 Å². The predicted octanol–water partition coefficient (Wildman–Crippen LogP) is 3.23. The molecule has 1 heterocycles. The molecule has 2 aromatic carbocycles. The van der Waals surface area contributed by atoms with Crippen molar-refractivity contribution in [2.24, 2.45) is 0 Å². The molecule has 1 amide bonds. The summed E-state index contributed by atoms with van der Waals surface area (Å²) < 4.78 is 37.6. The number of hydrogen-bond acceptors (Lipinski definition) is 5. The van der Waals surface area contributed by atoms with Crippen molar-refractivity contribution in [2.75, 3.05) is 13.7 Å². The van der Waals surface area contributed by atoms with Crippen LogP contribution in [-0.4, -0.2) is 28.0 Å². The third-order valence-electron chi connectivity index (χ3n) is 4.28. The van der Waals surface area contributed by atoms with Crippen molar-refractivity contribution in [1.82, 2.24) is 10.0 Å². The smallest absolute Gasteiger partial charge is 0.251 e. The third kappa shape index (κ3) is 4.02. The number of nitrogens with one attached hydrogen (secondary N) is 2. The fourth-order valence-corrected chi connectivity index (χ4v) is 3.59. The lowest BCUT2D eigenvalue weighted by molar-refractivity contribution is 0.0935. The Bertz CT molecular complexity index is 1100. The molecule has 0 fully saturated rings. The van der Waals surface area contributed by atoms with Crippen LogP contribution < -0.4 is 14.8 Å². The molecule has 0 aliphatic heterocycles. The van der Waals surface area contributed by atoms with Crippen molar-refractivity contribution in [1.29, 1.82) is 0 Å². The van der Waals surface area contributed by atoms with Crippen LogP contribution in [0.2, 0.25) is 0 Å². The number of ether oxygens (including phenoxy) is 1. The summed E-state index contributed by atoms with van der Waals surface area (Å²) in [6.45, 7) is 4.21. The van der Waals surface area contributed by atoms with E-state index in [2.05, 4.69) is 10.0 Å². The van der Waals surface area contributed by atoms with Gasteiger partial charge in [-0.05, 0) is 51.2 Å². The van der Waals surface area contributed by atoms with E-state index in [0.29, 0.717) is 23.7 Å². The Balaban J connectivity index is 1.82. The Labute approximate surface area is 163 Å². The Morgan fingerprint density at radius 1 is 1.18 bits per heavy atom. The van der Waals surface area contributed by atoms with Crippen LogP contribution in [0.1, 0.15) is 36.0 Å². The number of carbonyl (C=O) groups excluding carboxylic acids is 1. The van der Waals surface area contributed by atoms with Crippen LogP contribution in [0.5, 0.6) is 5.75 Å². The van der Waals surface area contributed by atoms with Crippen molar-refractivity contribution in [2.45, 2.75) is 24.8 Å². The van der Waals surface area contributed by atoms with Gasteiger partial charge in [0.25, 0.3) is 5.91 Å². The van der Waals surface area contributed by atoms with Crippen LogP contribution in [-0.2, 0) is 10.0 Å². The molecule has 0 bridgehead atoms. The SMILES string of the molecule is CCOc1cccc2cc(C(C)NC(=O)c3cccc(S(=O)(=O)NC)c3)oc12. The van der Waals surface area contributed by atoms with E-state index in [4.69, 9.17) is 9.15 Å². The highest BCUT2D eigenvalue weighted by Crippen LogP contribution is 2.31. The molecule has 0 saturated heterocycles. The van der Waals surface area contributed by atoms with Gasteiger partial charge in [0.1, 0.15) is 5.76 Å². The number of para-hydroxylation sites is 1. The lowest BCUT2D eigenvalue weighted by atomic mass is 10.1. The lowest BCUT2D eigenvalue weighted by Crippen LogP contribution is -2.27. The monoisotopic (exact) mass is 402 g/mol. The highest BCUT2D eigenvalue weighted by molar-refractivity contribution is 7.89. The minimum atomic E-state index is -3.62. The van der Waals surface area contributed by atoms with Gasteiger partial charge in [0.15, 0.2) is 11.3 Å². The minimum absolute atomic E-state index is 0.0281. The molecule has 2 N–H and O–H groups in total. The Kier molecular flexibility index (Phi) is 5.71. The predicted molar refractivity (Wildman–Crippen MR) is 106 cm³/mol. The highest BCUT2D eigenvalue weighted by Gasteiger charge is 2.19. The van der Waals surface area contributed by atoms with Gasteiger partial charge in [0.2, 0.25) is 10.0 Å². The average molecular weight is 402 g/mol. The molecule has 0 saturated carbocycles. The van der Waals surface area contributed by atoms with Gasteiger partial charge >= 0.3 is 0 Å². The molecule has 1 aromatic heterocycles. The second kappa shape index (κ2) is 8.04. The average Bonchev–Trinajstić information content (AvgIpc) is 3.14. The number of fused-ring (bicyclic) bond motifs is 1.